The number of halogens is 1. The minimum atomic E-state index is -0.704. The number of carbonyl (C=O) groups excluding carboxylic acids is 2. The van der Waals surface area contributed by atoms with Crippen molar-refractivity contribution in [3.63, 3.8) is 0 Å². The predicted molar refractivity (Wildman–Crippen MR) is 128 cm³/mol. The molecule has 1 fully saturated rings. The minimum Gasteiger partial charge on any atom is -0.507 e. The second-order valence-corrected chi connectivity index (χ2v) is 9.69. The van der Waals surface area contributed by atoms with Crippen LogP contribution in [0.2, 0.25) is 5.02 Å². The van der Waals surface area contributed by atoms with Crippen LogP contribution in [0.1, 0.15) is 46.0 Å². The third-order valence-corrected chi connectivity index (χ3v) is 7.61. The highest BCUT2D eigenvalue weighted by Gasteiger charge is 2.48. The van der Waals surface area contributed by atoms with Crippen molar-refractivity contribution < 1.29 is 14.7 Å². The van der Waals surface area contributed by atoms with Crippen LogP contribution in [-0.2, 0) is 22.4 Å². The highest BCUT2D eigenvalue weighted by molar-refractivity contribution is 7.10. The molecule has 1 unspecified atom stereocenters. The Kier molecular flexibility index (Phi) is 5.39. The number of aliphatic hydroxyl groups excluding tert-OH is 1. The number of carbonyl (C=O) groups is 2. The van der Waals surface area contributed by atoms with Crippen LogP contribution in [0.3, 0.4) is 0 Å². The van der Waals surface area contributed by atoms with Gasteiger partial charge in [-0.15, -0.1) is 11.3 Å². The minimum absolute atomic E-state index is 0.122. The van der Waals surface area contributed by atoms with Gasteiger partial charge in [-0.2, -0.15) is 0 Å². The Balaban J connectivity index is 1.70. The lowest BCUT2D eigenvalue weighted by Gasteiger charge is -2.25. The molecule has 1 N–H and O–H groups in total. The summed E-state index contributed by atoms with van der Waals surface area (Å²) in [7, 11) is 0. The van der Waals surface area contributed by atoms with E-state index in [0.29, 0.717) is 16.3 Å². The lowest BCUT2D eigenvalue weighted by Crippen LogP contribution is -2.29. The smallest absolute Gasteiger partial charge is 0.300 e. The normalized spacial score (nSPS) is 19.9. The Labute approximate surface area is 195 Å². The van der Waals surface area contributed by atoms with Crippen molar-refractivity contribution in [2.75, 3.05) is 4.90 Å². The summed E-state index contributed by atoms with van der Waals surface area (Å²) < 4.78 is 0. The monoisotopic (exact) mass is 463 g/mol. The number of hydrogen-bond acceptors (Lipinski definition) is 4. The van der Waals surface area contributed by atoms with Crippen LogP contribution < -0.4 is 4.90 Å². The number of Topliss-reactive ketones (excluding diaryl/α,β-unsaturated/α-hetero) is 1. The largest absolute Gasteiger partial charge is 0.507 e. The molecule has 1 atom stereocenters. The van der Waals surface area contributed by atoms with Gasteiger partial charge >= 0.3 is 0 Å². The van der Waals surface area contributed by atoms with Crippen molar-refractivity contribution in [1.29, 1.82) is 0 Å². The van der Waals surface area contributed by atoms with Gasteiger partial charge in [-0.05, 0) is 85.0 Å². The van der Waals surface area contributed by atoms with Crippen LogP contribution in [0.15, 0.2) is 59.5 Å². The van der Waals surface area contributed by atoms with Gasteiger partial charge in [-0.25, -0.2) is 0 Å². The molecule has 5 rings (SSSR count). The molecule has 0 saturated carbocycles. The Morgan fingerprint density at radius 3 is 2.56 bits per heavy atom. The molecule has 1 amide bonds. The maximum atomic E-state index is 13.3. The zero-order chi connectivity index (χ0) is 22.4. The molecule has 1 saturated heterocycles. The van der Waals surface area contributed by atoms with E-state index in [9.17, 15) is 14.7 Å². The molecule has 2 aromatic carbocycles. The Bertz CT molecular complexity index is 1280. The molecule has 0 radical (unpaired) electrons. The summed E-state index contributed by atoms with van der Waals surface area (Å²) in [5.74, 6) is -1.47. The average Bonchev–Trinajstić information content (AvgIpc) is 3.33. The van der Waals surface area contributed by atoms with E-state index in [-0.39, 0.29) is 11.3 Å². The van der Waals surface area contributed by atoms with Gasteiger partial charge < -0.3 is 5.11 Å². The van der Waals surface area contributed by atoms with Crippen molar-refractivity contribution >= 4 is 46.1 Å². The van der Waals surface area contributed by atoms with E-state index in [1.54, 1.807) is 24.3 Å². The molecule has 32 heavy (non-hydrogen) atoms. The second-order valence-electron chi connectivity index (χ2n) is 8.31. The summed E-state index contributed by atoms with van der Waals surface area (Å²) >= 11 is 7.66. The molecule has 1 aliphatic carbocycles. The molecule has 1 aliphatic heterocycles. The highest BCUT2D eigenvalue weighted by Crippen LogP contribution is 2.45. The van der Waals surface area contributed by atoms with E-state index in [4.69, 9.17) is 11.6 Å². The Hall–Kier alpha value is -2.89. The first-order valence-corrected chi connectivity index (χ1v) is 11.9. The topological polar surface area (TPSA) is 57.6 Å². The van der Waals surface area contributed by atoms with Crippen molar-refractivity contribution in [3.8, 4) is 0 Å². The molecule has 2 aliphatic rings. The summed E-state index contributed by atoms with van der Waals surface area (Å²) in [5.41, 5.74) is 4.68. The van der Waals surface area contributed by atoms with Crippen molar-refractivity contribution in [2.45, 2.75) is 38.6 Å². The first-order valence-electron chi connectivity index (χ1n) is 10.7. The van der Waals surface area contributed by atoms with E-state index >= 15 is 0 Å². The molecule has 3 aromatic rings. The van der Waals surface area contributed by atoms with Gasteiger partial charge in [-0.3, -0.25) is 14.5 Å². The number of aryl methyl sites for hydroxylation is 3. The third-order valence-electron chi connectivity index (χ3n) is 6.30. The molecule has 4 nitrogen and oxygen atoms in total. The van der Waals surface area contributed by atoms with Crippen molar-refractivity contribution in [3.05, 3.63) is 91.6 Å². The lowest BCUT2D eigenvalue weighted by molar-refractivity contribution is -0.132. The number of amides is 1. The van der Waals surface area contributed by atoms with Crippen LogP contribution in [0.5, 0.6) is 0 Å². The van der Waals surface area contributed by atoms with Crippen molar-refractivity contribution in [1.82, 2.24) is 0 Å². The van der Waals surface area contributed by atoms with E-state index in [0.717, 1.165) is 29.7 Å². The summed E-state index contributed by atoms with van der Waals surface area (Å²) in [6.07, 6.45) is 4.27. The summed E-state index contributed by atoms with van der Waals surface area (Å²) in [6.45, 7) is 1.95. The van der Waals surface area contributed by atoms with Crippen LogP contribution in [0.25, 0.3) is 5.76 Å². The molecule has 2 heterocycles. The van der Waals surface area contributed by atoms with Crippen LogP contribution >= 0.6 is 22.9 Å². The second kappa shape index (κ2) is 8.23. The lowest BCUT2D eigenvalue weighted by atomic mass is 9.89. The number of fused-ring (bicyclic) bond motifs is 1. The number of benzene rings is 2. The number of nitrogens with zero attached hydrogens (tertiary/aromatic N) is 1. The maximum Gasteiger partial charge on any atom is 0.300 e. The standard InChI is InChI=1S/C26H22ClNO3S/c1-15-11-12-32-25(15)22-21(23(29)18-10-9-16-5-2-3-6-17(16)13-18)24(30)26(31)28(22)20-8-4-7-19(27)14-20/h4,7-14,22,29H,2-3,5-6H2,1H3/b23-21-. The number of aliphatic hydroxyl groups is 1. The Morgan fingerprint density at radius 1 is 1.06 bits per heavy atom. The summed E-state index contributed by atoms with van der Waals surface area (Å²) in [6, 6.07) is 14.0. The van der Waals surface area contributed by atoms with E-state index in [2.05, 4.69) is 0 Å². The number of rotatable bonds is 3. The fourth-order valence-electron chi connectivity index (χ4n) is 4.67. The van der Waals surface area contributed by atoms with Crippen molar-refractivity contribution in [2.24, 2.45) is 0 Å². The molecule has 162 valence electrons. The van der Waals surface area contributed by atoms with Crippen LogP contribution in [0, 0.1) is 6.92 Å². The van der Waals surface area contributed by atoms with Crippen LogP contribution in [0.4, 0.5) is 5.69 Å². The van der Waals surface area contributed by atoms with Gasteiger partial charge in [0.25, 0.3) is 11.7 Å². The van der Waals surface area contributed by atoms with Gasteiger partial charge in [0.1, 0.15) is 11.8 Å². The Morgan fingerprint density at radius 2 is 1.84 bits per heavy atom. The fraction of sp³-hybridized carbons (Fsp3) is 0.231. The van der Waals surface area contributed by atoms with Gasteiger partial charge in [0.2, 0.25) is 0 Å². The zero-order valence-electron chi connectivity index (χ0n) is 17.6. The van der Waals surface area contributed by atoms with E-state index < -0.39 is 17.7 Å². The zero-order valence-corrected chi connectivity index (χ0v) is 19.2. The number of anilines is 1. The highest BCUT2D eigenvalue weighted by atomic mass is 35.5. The number of hydrogen-bond donors (Lipinski definition) is 1. The van der Waals surface area contributed by atoms with Gasteiger partial charge in [-0.1, -0.05) is 29.8 Å². The molecule has 1 aromatic heterocycles. The van der Waals surface area contributed by atoms with E-state index in [1.807, 2.05) is 36.6 Å². The SMILES string of the molecule is Cc1ccsc1C1/C(=C(/O)c2ccc3c(c2)CCCC3)C(=O)C(=O)N1c1cccc(Cl)c1. The van der Waals surface area contributed by atoms with E-state index in [1.165, 1.54) is 33.8 Å². The molecule has 0 spiro atoms. The first-order chi connectivity index (χ1) is 15.5. The molecular formula is C26H22ClNO3S. The molecule has 0 bridgehead atoms. The maximum absolute atomic E-state index is 13.3. The quantitative estimate of drug-likeness (QED) is 0.285. The summed E-state index contributed by atoms with van der Waals surface area (Å²) in [5, 5.41) is 13.8. The van der Waals surface area contributed by atoms with Crippen LogP contribution in [-0.4, -0.2) is 16.8 Å². The molecular weight excluding hydrogens is 442 g/mol. The predicted octanol–water partition coefficient (Wildman–Crippen LogP) is 6.22. The molecule has 6 heteroatoms. The summed E-state index contributed by atoms with van der Waals surface area (Å²) in [4.78, 5) is 28.8. The van der Waals surface area contributed by atoms with Gasteiger partial charge in [0, 0.05) is 21.2 Å². The van der Waals surface area contributed by atoms with Gasteiger partial charge in [0.05, 0.1) is 5.57 Å². The average molecular weight is 464 g/mol. The number of ketones is 1. The fourth-order valence-corrected chi connectivity index (χ4v) is 5.88. The number of thiophene rings is 1. The first kappa shape index (κ1) is 21.0. The third kappa shape index (κ3) is 3.46. The van der Waals surface area contributed by atoms with Gasteiger partial charge in [0.15, 0.2) is 0 Å².